The maximum Gasteiger partial charge on any atom is 0.254 e. The zero-order valence-electron chi connectivity index (χ0n) is 6.69. The summed E-state index contributed by atoms with van der Waals surface area (Å²) in [6.45, 7) is 2.18. The molecule has 64 valence electrons. The molecule has 1 aromatic rings. The minimum absolute atomic E-state index is 0. The van der Waals surface area contributed by atoms with Gasteiger partial charge in [0.1, 0.15) is 6.20 Å². The molecule has 0 saturated heterocycles. The molecule has 0 aliphatic carbocycles. The number of rotatable bonds is 2. The van der Waals surface area contributed by atoms with Crippen LogP contribution in [0.2, 0.25) is 0 Å². The number of H-pyrrole nitrogens is 1. The van der Waals surface area contributed by atoms with Crippen LogP contribution in [0, 0.1) is 0 Å². The highest BCUT2D eigenvalue weighted by Gasteiger charge is 2.09. The van der Waals surface area contributed by atoms with Crippen molar-refractivity contribution in [3.05, 3.63) is 16.6 Å². The van der Waals surface area contributed by atoms with Gasteiger partial charge < -0.3 is 17.0 Å². The maximum absolute atomic E-state index is 3.42. The van der Waals surface area contributed by atoms with Gasteiger partial charge in [0.05, 0.1) is 7.05 Å². The van der Waals surface area contributed by atoms with Crippen molar-refractivity contribution < 1.29 is 21.5 Å². The number of nitrogens with zero attached hydrogens (tertiary/aromatic N) is 1. The Labute approximate surface area is 85.9 Å². The summed E-state index contributed by atoms with van der Waals surface area (Å²) in [7, 11) is 2.05. The van der Waals surface area contributed by atoms with Crippen molar-refractivity contribution in [1.82, 2.24) is 4.98 Å². The van der Waals surface area contributed by atoms with Crippen LogP contribution in [0.25, 0.3) is 0 Å². The molecule has 1 rings (SSSR count). The first-order valence-electron chi connectivity index (χ1n) is 3.47. The van der Waals surface area contributed by atoms with E-state index in [4.69, 9.17) is 0 Å². The van der Waals surface area contributed by atoms with Crippen LogP contribution in [-0.4, -0.2) is 4.98 Å². The molecule has 2 nitrogen and oxygen atoms in total. The summed E-state index contributed by atoms with van der Waals surface area (Å²) >= 11 is 3.42. The third-order valence-corrected chi connectivity index (χ3v) is 2.33. The Hall–Kier alpha value is 0.170. The summed E-state index contributed by atoms with van der Waals surface area (Å²) in [6, 6.07) is 0. The van der Waals surface area contributed by atoms with Gasteiger partial charge in [-0.3, -0.25) is 0 Å². The Balaban J connectivity index is 0.000001000. The fourth-order valence-corrected chi connectivity index (χ4v) is 1.27. The number of imidazole rings is 1. The maximum atomic E-state index is 3.42. The van der Waals surface area contributed by atoms with Crippen LogP contribution in [0.1, 0.15) is 19.2 Å². The third-order valence-electron chi connectivity index (χ3n) is 1.57. The summed E-state index contributed by atoms with van der Waals surface area (Å²) < 4.78 is 3.22. The van der Waals surface area contributed by atoms with Crippen LogP contribution in [0.15, 0.2) is 10.8 Å². The lowest BCUT2D eigenvalue weighted by Gasteiger charge is -1.90. The van der Waals surface area contributed by atoms with E-state index in [1.165, 1.54) is 12.2 Å². The van der Waals surface area contributed by atoms with Crippen molar-refractivity contribution in [3.8, 4) is 0 Å². The van der Waals surface area contributed by atoms with Gasteiger partial charge in [0.25, 0.3) is 5.82 Å². The number of nitrogens with one attached hydrogen (secondary N) is 1. The molecule has 1 aromatic heterocycles. The number of aromatic nitrogens is 2. The van der Waals surface area contributed by atoms with E-state index in [1.54, 1.807) is 0 Å². The number of aryl methyl sites for hydroxylation is 1. The van der Waals surface area contributed by atoms with E-state index >= 15 is 0 Å². The number of hydrogen-bond donors (Lipinski definition) is 1. The second-order valence-electron chi connectivity index (χ2n) is 2.37. The van der Waals surface area contributed by atoms with Crippen molar-refractivity contribution in [2.75, 3.05) is 0 Å². The van der Waals surface area contributed by atoms with Gasteiger partial charge in [0.2, 0.25) is 4.60 Å². The van der Waals surface area contributed by atoms with Crippen molar-refractivity contribution >= 4 is 15.9 Å². The molecule has 0 unspecified atom stereocenters. The summed E-state index contributed by atoms with van der Waals surface area (Å²) in [5.41, 5.74) is 0. The van der Waals surface area contributed by atoms with Crippen LogP contribution in [0.4, 0.5) is 0 Å². The minimum Gasteiger partial charge on any atom is -1.00 e. The van der Waals surface area contributed by atoms with Gasteiger partial charge in [-0.15, -0.1) is 0 Å². The molecule has 0 atom stereocenters. The SMILES string of the molecule is CCCc1[nH]cc(Br)[n+]1C.[Br-]. The summed E-state index contributed by atoms with van der Waals surface area (Å²) in [5.74, 6) is 1.27. The van der Waals surface area contributed by atoms with Crippen molar-refractivity contribution in [2.24, 2.45) is 7.05 Å². The number of aromatic amines is 1. The molecule has 0 aliphatic heterocycles. The van der Waals surface area contributed by atoms with Gasteiger partial charge >= 0.3 is 0 Å². The third kappa shape index (κ3) is 2.60. The first-order chi connectivity index (χ1) is 4.75. The first kappa shape index (κ1) is 11.2. The molecule has 0 fully saturated rings. The predicted molar refractivity (Wildman–Crippen MR) is 43.7 cm³/mol. The van der Waals surface area contributed by atoms with E-state index in [0.717, 1.165) is 11.0 Å². The van der Waals surface area contributed by atoms with Crippen LogP contribution in [0.5, 0.6) is 0 Å². The second-order valence-corrected chi connectivity index (χ2v) is 3.18. The quantitative estimate of drug-likeness (QED) is 0.642. The standard InChI is InChI=1S/C7H11BrN2.BrH/c1-3-4-7-9-5-6(8)10(7)2;/h5H,3-4H2,1-2H3;1H. The highest BCUT2D eigenvalue weighted by molar-refractivity contribution is 9.10. The van der Waals surface area contributed by atoms with Crippen LogP contribution < -0.4 is 21.5 Å². The van der Waals surface area contributed by atoms with Crippen molar-refractivity contribution in [1.29, 1.82) is 0 Å². The van der Waals surface area contributed by atoms with Crippen LogP contribution >= 0.6 is 15.9 Å². The van der Waals surface area contributed by atoms with Crippen LogP contribution in [0.3, 0.4) is 0 Å². The summed E-state index contributed by atoms with van der Waals surface area (Å²) in [6.07, 6.45) is 4.26. The van der Waals surface area contributed by atoms with Gasteiger partial charge in [-0.2, -0.15) is 0 Å². The molecule has 0 saturated carbocycles. The zero-order valence-corrected chi connectivity index (χ0v) is 9.87. The molecule has 0 aromatic carbocycles. The van der Waals surface area contributed by atoms with Crippen molar-refractivity contribution in [2.45, 2.75) is 19.8 Å². The Kier molecular flexibility index (Phi) is 5.01. The summed E-state index contributed by atoms with van der Waals surface area (Å²) in [5, 5.41) is 0. The fraction of sp³-hybridized carbons (Fsp3) is 0.571. The Morgan fingerprint density at radius 1 is 1.64 bits per heavy atom. The predicted octanol–water partition coefficient (Wildman–Crippen LogP) is -1.44. The zero-order chi connectivity index (χ0) is 7.56. The average molecular weight is 284 g/mol. The Bertz CT molecular complexity index is 220. The largest absolute Gasteiger partial charge is 1.00 e. The molecule has 1 N–H and O–H groups in total. The number of hydrogen-bond acceptors (Lipinski definition) is 0. The lowest BCUT2D eigenvalue weighted by Crippen LogP contribution is -3.00. The van der Waals surface area contributed by atoms with E-state index in [0.29, 0.717) is 0 Å². The molecular formula is C7H12Br2N2. The minimum atomic E-state index is 0. The molecule has 0 radical (unpaired) electrons. The molecule has 0 aliphatic rings. The van der Waals surface area contributed by atoms with Gasteiger partial charge in [-0.1, -0.05) is 6.92 Å². The van der Waals surface area contributed by atoms with Crippen LogP contribution in [-0.2, 0) is 13.5 Å². The first-order valence-corrected chi connectivity index (χ1v) is 4.26. The summed E-state index contributed by atoms with van der Waals surface area (Å²) in [4.78, 5) is 3.19. The molecule has 0 bridgehead atoms. The monoisotopic (exact) mass is 282 g/mol. The van der Waals surface area contributed by atoms with Gasteiger partial charge in [0, 0.05) is 22.4 Å². The average Bonchev–Trinajstić information content (AvgIpc) is 2.20. The van der Waals surface area contributed by atoms with Crippen molar-refractivity contribution in [3.63, 3.8) is 0 Å². The lowest BCUT2D eigenvalue weighted by atomic mass is 10.3. The fourth-order valence-electron chi connectivity index (χ4n) is 0.942. The molecule has 1 heterocycles. The molecule has 0 spiro atoms. The molecule has 0 amide bonds. The van der Waals surface area contributed by atoms with E-state index in [2.05, 4.69) is 32.4 Å². The topological polar surface area (TPSA) is 19.7 Å². The van der Waals surface area contributed by atoms with Gasteiger partial charge in [0.15, 0.2) is 0 Å². The molecule has 11 heavy (non-hydrogen) atoms. The second kappa shape index (κ2) is 4.93. The Morgan fingerprint density at radius 2 is 2.27 bits per heavy atom. The van der Waals surface area contributed by atoms with E-state index < -0.39 is 0 Å². The van der Waals surface area contributed by atoms with E-state index in [-0.39, 0.29) is 17.0 Å². The van der Waals surface area contributed by atoms with E-state index in [9.17, 15) is 0 Å². The highest BCUT2D eigenvalue weighted by atomic mass is 79.9. The Morgan fingerprint density at radius 3 is 2.64 bits per heavy atom. The number of halogens is 2. The lowest BCUT2D eigenvalue weighted by molar-refractivity contribution is -0.688. The molecule has 4 heteroatoms. The van der Waals surface area contributed by atoms with Gasteiger partial charge in [-0.05, 0) is 6.42 Å². The smallest absolute Gasteiger partial charge is 0.254 e. The highest BCUT2D eigenvalue weighted by Crippen LogP contribution is 2.02. The normalized spacial score (nSPS) is 9.36. The van der Waals surface area contributed by atoms with Gasteiger partial charge in [-0.25, -0.2) is 9.55 Å². The van der Waals surface area contributed by atoms with E-state index in [1.807, 2.05) is 13.2 Å². The molecular weight excluding hydrogens is 272 g/mol.